The van der Waals surface area contributed by atoms with Crippen LogP contribution >= 0.6 is 11.3 Å². The van der Waals surface area contributed by atoms with Crippen molar-refractivity contribution in [3.63, 3.8) is 0 Å². The van der Waals surface area contributed by atoms with Crippen LogP contribution in [0.2, 0.25) is 0 Å². The zero-order valence-electron chi connectivity index (χ0n) is 10.0. The SMILES string of the molecule is Cc1nc(CC2(O)CCCNCC2)sc1C. The van der Waals surface area contributed by atoms with E-state index in [1.54, 1.807) is 11.3 Å². The number of aliphatic hydroxyl groups is 1. The number of aryl methyl sites for hydroxylation is 2. The average Bonchev–Trinajstić information content (AvgIpc) is 2.42. The quantitative estimate of drug-likeness (QED) is 0.828. The van der Waals surface area contributed by atoms with Crippen LogP contribution in [0.3, 0.4) is 0 Å². The molecule has 2 rings (SSSR count). The molecule has 1 unspecified atom stereocenters. The lowest BCUT2D eigenvalue weighted by molar-refractivity contribution is 0.0284. The maximum Gasteiger partial charge on any atom is 0.0959 e. The molecular formula is C12H20N2OS. The molecule has 2 heterocycles. The second-order valence-corrected chi connectivity index (χ2v) is 6.04. The minimum Gasteiger partial charge on any atom is -0.389 e. The Morgan fingerprint density at radius 2 is 2.19 bits per heavy atom. The van der Waals surface area contributed by atoms with Crippen molar-refractivity contribution in [3.8, 4) is 0 Å². The summed E-state index contributed by atoms with van der Waals surface area (Å²) < 4.78 is 0. The van der Waals surface area contributed by atoms with Crippen LogP contribution in [-0.4, -0.2) is 28.8 Å². The normalized spacial score (nSPS) is 26.7. The fourth-order valence-corrected chi connectivity index (χ4v) is 3.26. The first-order chi connectivity index (χ1) is 7.59. The molecule has 0 radical (unpaired) electrons. The fraction of sp³-hybridized carbons (Fsp3) is 0.750. The molecule has 0 bridgehead atoms. The molecule has 1 aliphatic heterocycles. The van der Waals surface area contributed by atoms with Gasteiger partial charge in [-0.2, -0.15) is 0 Å². The summed E-state index contributed by atoms with van der Waals surface area (Å²) in [5.74, 6) is 0. The van der Waals surface area contributed by atoms with Crippen molar-refractivity contribution in [2.24, 2.45) is 0 Å². The number of rotatable bonds is 2. The van der Waals surface area contributed by atoms with E-state index >= 15 is 0 Å². The lowest BCUT2D eigenvalue weighted by atomic mass is 9.91. The Hall–Kier alpha value is -0.450. The Labute approximate surface area is 101 Å². The van der Waals surface area contributed by atoms with Gasteiger partial charge in [0.1, 0.15) is 0 Å². The molecule has 1 saturated heterocycles. The Morgan fingerprint density at radius 3 is 2.88 bits per heavy atom. The van der Waals surface area contributed by atoms with Gasteiger partial charge in [0, 0.05) is 11.3 Å². The van der Waals surface area contributed by atoms with Crippen molar-refractivity contribution in [2.45, 2.75) is 45.1 Å². The first-order valence-corrected chi connectivity index (χ1v) is 6.77. The Kier molecular flexibility index (Phi) is 3.62. The predicted octanol–water partition coefficient (Wildman–Crippen LogP) is 1.81. The van der Waals surface area contributed by atoms with E-state index in [2.05, 4.69) is 17.2 Å². The third-order valence-electron chi connectivity index (χ3n) is 3.32. The summed E-state index contributed by atoms with van der Waals surface area (Å²) in [5, 5.41) is 14.9. The van der Waals surface area contributed by atoms with Crippen molar-refractivity contribution < 1.29 is 5.11 Å². The molecule has 3 nitrogen and oxygen atoms in total. The summed E-state index contributed by atoms with van der Waals surface area (Å²) in [7, 11) is 0. The molecule has 1 aromatic rings. The number of aromatic nitrogens is 1. The molecule has 0 spiro atoms. The number of thiazole rings is 1. The highest BCUT2D eigenvalue weighted by atomic mass is 32.1. The van der Waals surface area contributed by atoms with Gasteiger partial charge in [-0.3, -0.25) is 0 Å². The summed E-state index contributed by atoms with van der Waals surface area (Å²) in [4.78, 5) is 5.79. The van der Waals surface area contributed by atoms with Gasteiger partial charge in [-0.15, -0.1) is 11.3 Å². The molecule has 0 aliphatic carbocycles. The molecule has 2 N–H and O–H groups in total. The molecule has 90 valence electrons. The standard InChI is InChI=1S/C12H20N2OS/c1-9-10(2)16-11(14-9)8-12(15)4-3-6-13-7-5-12/h13,15H,3-8H2,1-2H3. The van der Waals surface area contributed by atoms with Crippen molar-refractivity contribution in [1.82, 2.24) is 10.3 Å². The molecule has 4 heteroatoms. The third kappa shape index (κ3) is 2.81. The van der Waals surface area contributed by atoms with Crippen LogP contribution in [0.25, 0.3) is 0 Å². The smallest absolute Gasteiger partial charge is 0.0959 e. The highest BCUT2D eigenvalue weighted by Crippen LogP contribution is 2.27. The Balaban J connectivity index is 2.06. The molecule has 16 heavy (non-hydrogen) atoms. The molecule has 1 fully saturated rings. The lowest BCUT2D eigenvalue weighted by Gasteiger charge is -2.24. The second-order valence-electron chi connectivity index (χ2n) is 4.75. The maximum absolute atomic E-state index is 10.5. The van der Waals surface area contributed by atoms with Crippen LogP contribution < -0.4 is 5.32 Å². The highest BCUT2D eigenvalue weighted by Gasteiger charge is 2.29. The van der Waals surface area contributed by atoms with E-state index in [0.717, 1.165) is 43.1 Å². The van der Waals surface area contributed by atoms with Gasteiger partial charge in [-0.05, 0) is 46.2 Å². The summed E-state index contributed by atoms with van der Waals surface area (Å²) >= 11 is 1.72. The zero-order chi connectivity index (χ0) is 11.6. The molecule has 1 atom stereocenters. The minimum absolute atomic E-state index is 0.541. The van der Waals surface area contributed by atoms with Crippen LogP contribution in [0.4, 0.5) is 0 Å². The zero-order valence-corrected chi connectivity index (χ0v) is 10.9. The van der Waals surface area contributed by atoms with Crippen molar-refractivity contribution in [1.29, 1.82) is 0 Å². The van der Waals surface area contributed by atoms with Gasteiger partial charge in [0.25, 0.3) is 0 Å². The van der Waals surface area contributed by atoms with Crippen LogP contribution in [0.5, 0.6) is 0 Å². The first kappa shape index (κ1) is 12.0. The van der Waals surface area contributed by atoms with Gasteiger partial charge in [-0.25, -0.2) is 4.98 Å². The number of hydrogen-bond acceptors (Lipinski definition) is 4. The summed E-state index contributed by atoms with van der Waals surface area (Å²) in [5.41, 5.74) is 0.565. The molecule has 1 aliphatic rings. The van der Waals surface area contributed by atoms with E-state index in [4.69, 9.17) is 0 Å². The van der Waals surface area contributed by atoms with E-state index in [1.807, 2.05) is 6.92 Å². The van der Waals surface area contributed by atoms with E-state index in [9.17, 15) is 5.11 Å². The van der Waals surface area contributed by atoms with Crippen LogP contribution in [-0.2, 0) is 6.42 Å². The molecule has 0 aromatic carbocycles. The Morgan fingerprint density at radius 1 is 1.38 bits per heavy atom. The van der Waals surface area contributed by atoms with Gasteiger partial charge >= 0.3 is 0 Å². The van der Waals surface area contributed by atoms with Crippen LogP contribution in [0.1, 0.15) is 34.8 Å². The van der Waals surface area contributed by atoms with Crippen LogP contribution in [0, 0.1) is 13.8 Å². The summed E-state index contributed by atoms with van der Waals surface area (Å²) in [6.07, 6.45) is 3.50. The van der Waals surface area contributed by atoms with Gasteiger partial charge in [-0.1, -0.05) is 0 Å². The molecular weight excluding hydrogens is 220 g/mol. The number of hydrogen-bond donors (Lipinski definition) is 2. The first-order valence-electron chi connectivity index (χ1n) is 5.95. The molecule has 0 amide bonds. The van der Waals surface area contributed by atoms with Gasteiger partial charge in [0.15, 0.2) is 0 Å². The summed E-state index contributed by atoms with van der Waals surface area (Å²) in [6.45, 7) is 6.07. The van der Waals surface area contributed by atoms with Gasteiger partial charge in [0.05, 0.1) is 16.3 Å². The fourth-order valence-electron chi connectivity index (χ4n) is 2.19. The maximum atomic E-state index is 10.5. The third-order valence-corrected chi connectivity index (χ3v) is 4.39. The minimum atomic E-state index is -0.541. The number of nitrogens with one attached hydrogen (secondary N) is 1. The molecule has 0 saturated carbocycles. The largest absolute Gasteiger partial charge is 0.389 e. The average molecular weight is 240 g/mol. The van der Waals surface area contributed by atoms with E-state index in [0.29, 0.717) is 6.42 Å². The van der Waals surface area contributed by atoms with E-state index < -0.39 is 5.60 Å². The topological polar surface area (TPSA) is 45.2 Å². The van der Waals surface area contributed by atoms with Crippen molar-refractivity contribution >= 4 is 11.3 Å². The predicted molar refractivity (Wildman–Crippen MR) is 67.0 cm³/mol. The summed E-state index contributed by atoms with van der Waals surface area (Å²) in [6, 6.07) is 0. The van der Waals surface area contributed by atoms with Crippen LogP contribution in [0.15, 0.2) is 0 Å². The lowest BCUT2D eigenvalue weighted by Crippen LogP contribution is -2.32. The monoisotopic (exact) mass is 240 g/mol. The Bertz CT molecular complexity index is 334. The highest BCUT2D eigenvalue weighted by molar-refractivity contribution is 7.11. The second kappa shape index (κ2) is 4.82. The van der Waals surface area contributed by atoms with E-state index in [-0.39, 0.29) is 0 Å². The van der Waals surface area contributed by atoms with E-state index in [1.165, 1.54) is 4.88 Å². The molecule has 1 aromatic heterocycles. The van der Waals surface area contributed by atoms with Gasteiger partial charge in [0.2, 0.25) is 0 Å². The van der Waals surface area contributed by atoms with Crippen molar-refractivity contribution in [3.05, 3.63) is 15.6 Å². The number of nitrogens with zero attached hydrogens (tertiary/aromatic N) is 1. The van der Waals surface area contributed by atoms with Gasteiger partial charge < -0.3 is 10.4 Å². The van der Waals surface area contributed by atoms with Crippen molar-refractivity contribution in [2.75, 3.05) is 13.1 Å².